The van der Waals surface area contributed by atoms with Crippen LogP contribution in [-0.4, -0.2) is 73.6 Å². The predicted octanol–water partition coefficient (Wildman–Crippen LogP) is 1.74. The van der Waals surface area contributed by atoms with E-state index < -0.39 is 11.3 Å². The van der Waals surface area contributed by atoms with Crippen molar-refractivity contribution in [2.75, 3.05) is 20.2 Å². The van der Waals surface area contributed by atoms with Crippen LogP contribution in [0, 0.1) is 11.8 Å². The summed E-state index contributed by atoms with van der Waals surface area (Å²) in [6.45, 7) is 6.10. The largest absolute Gasteiger partial charge is 0.481 e. The lowest BCUT2D eigenvalue weighted by molar-refractivity contribution is -0.0946. The molecule has 4 aliphatic rings. The van der Waals surface area contributed by atoms with E-state index in [9.17, 15) is 5.11 Å². The van der Waals surface area contributed by atoms with Gasteiger partial charge in [-0.15, -0.1) is 0 Å². The number of aromatic amines is 1. The second-order valence-corrected chi connectivity index (χ2v) is 9.47. The quantitative estimate of drug-likeness (QED) is 0.603. The van der Waals surface area contributed by atoms with Gasteiger partial charge in [0.05, 0.1) is 13.3 Å². The third kappa shape index (κ3) is 4.40. The molecule has 0 aromatic carbocycles. The smallest absolute Gasteiger partial charge is 0.212 e. The molecule has 2 aromatic rings. The molecule has 2 aromatic heterocycles. The van der Waals surface area contributed by atoms with Gasteiger partial charge in [0.1, 0.15) is 5.60 Å². The number of aromatic nitrogens is 3. The van der Waals surface area contributed by atoms with Crippen molar-refractivity contribution < 1.29 is 9.84 Å². The number of ether oxygens (including phenoxy) is 1. The molecule has 3 saturated heterocycles. The van der Waals surface area contributed by atoms with E-state index in [-0.39, 0.29) is 0 Å². The van der Waals surface area contributed by atoms with Crippen LogP contribution in [0.25, 0.3) is 5.57 Å². The van der Waals surface area contributed by atoms with Crippen LogP contribution in [-0.2, 0) is 6.54 Å². The maximum Gasteiger partial charge on any atom is 0.212 e. The molecule has 2 bridgehead atoms. The Morgan fingerprint density at radius 1 is 1.27 bits per heavy atom. The van der Waals surface area contributed by atoms with Crippen molar-refractivity contribution in [1.82, 2.24) is 30.3 Å². The van der Waals surface area contributed by atoms with Crippen molar-refractivity contribution >= 4 is 5.57 Å². The maximum absolute atomic E-state index is 10.3. The molecule has 0 saturated carbocycles. The first-order valence-electron chi connectivity index (χ1n) is 11.3. The average molecular weight is 447 g/mol. The summed E-state index contributed by atoms with van der Waals surface area (Å²) < 4.78 is 5.17. The second-order valence-electron chi connectivity index (χ2n) is 9.47. The number of pyridine rings is 1. The van der Waals surface area contributed by atoms with Crippen molar-refractivity contribution in [2.45, 2.75) is 50.2 Å². The molecule has 4 aliphatic heterocycles. The zero-order valence-corrected chi connectivity index (χ0v) is 19.2. The molecule has 6 heterocycles. The summed E-state index contributed by atoms with van der Waals surface area (Å²) in [5.74, 6) is 7.02. The number of allylic oxidation sites excluding steroid dienone is 2. The van der Waals surface area contributed by atoms with Crippen LogP contribution in [0.1, 0.15) is 31.4 Å². The average Bonchev–Trinajstić information content (AvgIpc) is 3.36. The molecule has 0 radical (unpaired) electrons. The predicted molar refractivity (Wildman–Crippen MR) is 126 cm³/mol. The highest BCUT2D eigenvalue weighted by atomic mass is 16.5. The molecule has 6 rings (SSSR count). The van der Waals surface area contributed by atoms with Gasteiger partial charge in [-0.1, -0.05) is 24.0 Å². The fraction of sp³-hybridized carbons (Fsp3) is 0.440. The van der Waals surface area contributed by atoms with Crippen LogP contribution in [0.2, 0.25) is 0 Å². The summed E-state index contributed by atoms with van der Waals surface area (Å²) in [6.07, 6.45) is 12.9. The monoisotopic (exact) mass is 446 g/mol. The van der Waals surface area contributed by atoms with E-state index in [4.69, 9.17) is 4.74 Å². The van der Waals surface area contributed by atoms with Crippen LogP contribution in [0.5, 0.6) is 5.88 Å². The molecule has 0 amide bonds. The van der Waals surface area contributed by atoms with Crippen molar-refractivity contribution in [3.63, 3.8) is 0 Å². The number of nitrogens with one attached hydrogen (secondary N) is 2. The van der Waals surface area contributed by atoms with Crippen LogP contribution >= 0.6 is 0 Å². The molecule has 0 aliphatic carbocycles. The van der Waals surface area contributed by atoms with E-state index in [0.29, 0.717) is 18.0 Å². The van der Waals surface area contributed by atoms with E-state index in [1.165, 1.54) is 12.0 Å². The van der Waals surface area contributed by atoms with Crippen molar-refractivity contribution in [3.05, 3.63) is 60.2 Å². The molecule has 3 unspecified atom stereocenters. The fourth-order valence-electron chi connectivity index (χ4n) is 4.75. The number of piperazine rings is 1. The minimum atomic E-state index is -1.07. The first kappa shape index (κ1) is 21.7. The van der Waals surface area contributed by atoms with E-state index in [0.717, 1.165) is 30.8 Å². The van der Waals surface area contributed by atoms with Crippen molar-refractivity contribution in [3.8, 4) is 17.7 Å². The second kappa shape index (κ2) is 8.34. The van der Waals surface area contributed by atoms with Crippen LogP contribution in [0.15, 0.2) is 49.1 Å². The molecule has 8 nitrogen and oxygen atoms in total. The molecule has 8 heteroatoms. The normalized spacial score (nSPS) is 27.1. The van der Waals surface area contributed by atoms with Gasteiger partial charge in [-0.3, -0.25) is 14.9 Å². The number of hydrogen-bond acceptors (Lipinski definition) is 7. The van der Waals surface area contributed by atoms with Gasteiger partial charge in [0.2, 0.25) is 5.88 Å². The molecule has 33 heavy (non-hydrogen) atoms. The lowest BCUT2D eigenvalue weighted by Crippen LogP contribution is -2.73. The molecule has 3 N–H and O–H groups in total. The van der Waals surface area contributed by atoms with E-state index >= 15 is 0 Å². The first-order valence-corrected chi connectivity index (χ1v) is 11.3. The van der Waals surface area contributed by atoms with Gasteiger partial charge in [0.25, 0.3) is 0 Å². The molecule has 0 spiro atoms. The van der Waals surface area contributed by atoms with Gasteiger partial charge in [0.15, 0.2) is 5.66 Å². The molecule has 3 fully saturated rings. The summed E-state index contributed by atoms with van der Waals surface area (Å²) in [7, 11) is 1.63. The van der Waals surface area contributed by atoms with Crippen molar-refractivity contribution in [2.24, 2.45) is 0 Å². The first-order chi connectivity index (χ1) is 15.9. The Morgan fingerprint density at radius 3 is 2.67 bits per heavy atom. The number of methoxy groups -OCH3 is 1. The van der Waals surface area contributed by atoms with E-state index in [2.05, 4.69) is 60.4 Å². The van der Waals surface area contributed by atoms with Crippen LogP contribution in [0.3, 0.4) is 0 Å². The van der Waals surface area contributed by atoms with Crippen molar-refractivity contribution in [1.29, 1.82) is 0 Å². The zero-order valence-electron chi connectivity index (χ0n) is 19.2. The summed E-state index contributed by atoms with van der Waals surface area (Å²) in [6, 6.07) is 4.92. The third-order valence-corrected chi connectivity index (χ3v) is 6.56. The minimum Gasteiger partial charge on any atom is -0.481 e. The number of dihydropyridines is 1. The van der Waals surface area contributed by atoms with Gasteiger partial charge in [0, 0.05) is 67.5 Å². The number of aliphatic hydroxyl groups is 1. The zero-order chi connectivity index (χ0) is 23.1. The maximum atomic E-state index is 10.3. The number of rotatable bonds is 5. The number of piperidine rings is 1. The number of H-pyrrole nitrogens is 1. The topological polar surface area (TPSA) is 89.5 Å². The summed E-state index contributed by atoms with van der Waals surface area (Å²) in [5.41, 5.74) is 1.53. The van der Waals surface area contributed by atoms with Crippen LogP contribution < -0.4 is 10.1 Å². The summed E-state index contributed by atoms with van der Waals surface area (Å²) in [5, 5.41) is 20.7. The third-order valence-electron chi connectivity index (χ3n) is 6.56. The highest BCUT2D eigenvalue weighted by Crippen LogP contribution is 2.37. The molecule has 172 valence electrons. The van der Waals surface area contributed by atoms with E-state index in [1.54, 1.807) is 27.2 Å². The Labute approximate surface area is 194 Å². The standard InChI is InChI=1S/C25H30N6O2/c1-24(2,32)8-9-25(7-6-19(12-27-25)20-13-28-29-14-20)30-16-21-10-22(17-30)31(21)15-18-4-5-23(33-3)26-11-18/h4-7,11-14,21-22,27,32H,10,15-17H2,1-3H3,(H,28,29). The SMILES string of the molecule is COc1ccc(CN2C3CC2CN(C2(C#CC(C)(C)O)C=CC(c4cn[nH]c4)=CN2)C3)cn1. The number of nitrogens with zero attached hydrogens (tertiary/aromatic N) is 4. The Morgan fingerprint density at radius 2 is 2.09 bits per heavy atom. The van der Waals surface area contributed by atoms with Gasteiger partial charge < -0.3 is 15.2 Å². The lowest BCUT2D eigenvalue weighted by atomic mass is 9.84. The Kier molecular flexibility index (Phi) is 5.49. The Balaban J connectivity index is 1.33. The summed E-state index contributed by atoms with van der Waals surface area (Å²) >= 11 is 0. The highest BCUT2D eigenvalue weighted by molar-refractivity contribution is 5.74. The highest BCUT2D eigenvalue weighted by Gasteiger charge is 2.49. The summed E-state index contributed by atoms with van der Waals surface area (Å²) in [4.78, 5) is 9.29. The molecular formula is C25H30N6O2. The fourth-order valence-corrected chi connectivity index (χ4v) is 4.75. The lowest BCUT2D eigenvalue weighted by Gasteiger charge is -2.59. The molecule has 3 atom stereocenters. The van der Waals surface area contributed by atoms with Crippen LogP contribution in [0.4, 0.5) is 0 Å². The van der Waals surface area contributed by atoms with Gasteiger partial charge in [-0.2, -0.15) is 5.10 Å². The van der Waals surface area contributed by atoms with Gasteiger partial charge in [-0.05, 0) is 31.9 Å². The van der Waals surface area contributed by atoms with E-state index in [1.807, 2.05) is 24.7 Å². The molecular weight excluding hydrogens is 416 g/mol. The Bertz CT molecular complexity index is 1090. The van der Waals surface area contributed by atoms with Gasteiger partial charge >= 0.3 is 0 Å². The minimum absolute atomic E-state index is 0.459. The number of fused-ring (bicyclic) bond motifs is 2. The Hall–Kier alpha value is -3.12. The number of hydrogen-bond donors (Lipinski definition) is 3. The van der Waals surface area contributed by atoms with Gasteiger partial charge in [-0.25, -0.2) is 4.98 Å².